The molecule has 1 saturated heterocycles. The van der Waals surface area contributed by atoms with Crippen molar-refractivity contribution in [2.24, 2.45) is 0 Å². The van der Waals surface area contributed by atoms with E-state index in [9.17, 15) is 0 Å². The molecule has 0 saturated carbocycles. The highest BCUT2D eigenvalue weighted by Gasteiger charge is 2.19. The molecule has 3 heteroatoms. The number of benzene rings is 1. The molecule has 0 aliphatic carbocycles. The van der Waals surface area contributed by atoms with Crippen molar-refractivity contribution < 1.29 is 0 Å². The third kappa shape index (κ3) is 4.02. The Hall–Kier alpha value is -0.510. The number of piperazine rings is 1. The first-order valence-corrected chi connectivity index (χ1v) is 7.35. The van der Waals surface area contributed by atoms with Crippen LogP contribution in [0.4, 0.5) is 0 Å². The number of likely N-dealkylation sites (N-methyl/N-ethyl adjacent to an activating group) is 1. The number of thioether (sulfide) groups is 1. The molecule has 1 aliphatic heterocycles. The monoisotopic (exact) mass is 250 g/mol. The molecule has 0 bridgehead atoms. The van der Waals surface area contributed by atoms with Crippen LogP contribution in [0.15, 0.2) is 35.2 Å². The summed E-state index contributed by atoms with van der Waals surface area (Å²) in [6, 6.07) is 11.4. The fraction of sp³-hybridized carbons (Fsp3) is 0.571. The van der Waals surface area contributed by atoms with Crippen LogP contribution >= 0.6 is 11.8 Å². The predicted octanol–water partition coefficient (Wildman–Crippen LogP) is 2.41. The Kier molecular flexibility index (Phi) is 4.89. The zero-order chi connectivity index (χ0) is 12.1. The van der Waals surface area contributed by atoms with Crippen LogP contribution in [0.5, 0.6) is 0 Å². The van der Waals surface area contributed by atoms with Gasteiger partial charge < -0.3 is 4.90 Å². The number of hydrogen-bond donors (Lipinski definition) is 0. The van der Waals surface area contributed by atoms with E-state index in [1.807, 2.05) is 11.8 Å². The van der Waals surface area contributed by atoms with Gasteiger partial charge in [-0.2, -0.15) is 0 Å². The molecule has 1 aromatic rings. The summed E-state index contributed by atoms with van der Waals surface area (Å²) in [5, 5.41) is 0. The predicted molar refractivity (Wildman–Crippen MR) is 75.7 cm³/mol. The topological polar surface area (TPSA) is 6.48 Å². The first kappa shape index (κ1) is 12.9. The van der Waals surface area contributed by atoms with Crippen LogP contribution in [0.25, 0.3) is 0 Å². The molecule has 0 N–H and O–H groups in total. The van der Waals surface area contributed by atoms with Gasteiger partial charge in [0.05, 0.1) is 0 Å². The zero-order valence-electron chi connectivity index (χ0n) is 10.8. The third-order valence-electron chi connectivity index (χ3n) is 3.46. The Labute approximate surface area is 109 Å². The van der Waals surface area contributed by atoms with Gasteiger partial charge in [-0.15, -0.1) is 11.8 Å². The van der Waals surface area contributed by atoms with Crippen molar-refractivity contribution in [1.82, 2.24) is 9.80 Å². The van der Waals surface area contributed by atoms with Crippen molar-refractivity contribution in [2.45, 2.75) is 17.9 Å². The van der Waals surface area contributed by atoms with Crippen molar-refractivity contribution in [1.29, 1.82) is 0 Å². The van der Waals surface area contributed by atoms with Crippen LogP contribution in [0.2, 0.25) is 0 Å². The number of hydrogen-bond acceptors (Lipinski definition) is 3. The van der Waals surface area contributed by atoms with Crippen LogP contribution in [0.3, 0.4) is 0 Å². The quantitative estimate of drug-likeness (QED) is 0.758. The third-order valence-corrected chi connectivity index (χ3v) is 4.46. The summed E-state index contributed by atoms with van der Waals surface area (Å²) in [6.07, 6.45) is 0. The van der Waals surface area contributed by atoms with E-state index in [1.54, 1.807) is 0 Å². The summed E-state index contributed by atoms with van der Waals surface area (Å²) >= 11 is 1.96. The number of rotatable bonds is 4. The highest BCUT2D eigenvalue weighted by Crippen LogP contribution is 2.17. The Morgan fingerprint density at radius 3 is 2.71 bits per heavy atom. The number of nitrogens with zero attached hydrogens (tertiary/aromatic N) is 2. The molecule has 1 atom stereocenters. The molecule has 2 nitrogen and oxygen atoms in total. The smallest absolute Gasteiger partial charge is 0.0192 e. The minimum absolute atomic E-state index is 0.700. The molecule has 17 heavy (non-hydrogen) atoms. The van der Waals surface area contributed by atoms with Gasteiger partial charge in [0.25, 0.3) is 0 Å². The molecule has 1 unspecified atom stereocenters. The SMILES string of the molecule is CC1CN(CCSc2ccccc2)CCN1C. The maximum atomic E-state index is 2.58. The first-order chi connectivity index (χ1) is 8.25. The average Bonchev–Trinajstić information content (AvgIpc) is 2.35. The Morgan fingerprint density at radius 1 is 1.24 bits per heavy atom. The summed E-state index contributed by atoms with van der Waals surface area (Å²) in [6.45, 7) is 7.16. The molecular weight excluding hydrogens is 228 g/mol. The van der Waals surface area contributed by atoms with E-state index in [-0.39, 0.29) is 0 Å². The lowest BCUT2D eigenvalue weighted by molar-refractivity contribution is 0.110. The molecule has 0 amide bonds. The van der Waals surface area contributed by atoms with E-state index in [0.29, 0.717) is 6.04 Å². The van der Waals surface area contributed by atoms with Crippen LogP contribution in [0.1, 0.15) is 6.92 Å². The summed E-state index contributed by atoms with van der Waals surface area (Å²) < 4.78 is 0. The highest BCUT2D eigenvalue weighted by molar-refractivity contribution is 7.99. The van der Waals surface area contributed by atoms with Gasteiger partial charge in [0.1, 0.15) is 0 Å². The molecule has 0 spiro atoms. The van der Waals surface area contributed by atoms with E-state index >= 15 is 0 Å². The van der Waals surface area contributed by atoms with Crippen molar-refractivity contribution in [2.75, 3.05) is 39.0 Å². The lowest BCUT2D eigenvalue weighted by Crippen LogP contribution is -2.50. The van der Waals surface area contributed by atoms with Crippen LogP contribution in [-0.4, -0.2) is 54.8 Å². The highest BCUT2D eigenvalue weighted by atomic mass is 32.2. The Bertz CT molecular complexity index is 328. The fourth-order valence-electron chi connectivity index (χ4n) is 2.14. The van der Waals surface area contributed by atoms with Crippen LogP contribution < -0.4 is 0 Å². The van der Waals surface area contributed by atoms with Crippen molar-refractivity contribution >= 4 is 11.8 Å². The van der Waals surface area contributed by atoms with Crippen LogP contribution in [0, 0.1) is 0 Å². The van der Waals surface area contributed by atoms with Gasteiger partial charge in [-0.05, 0) is 26.1 Å². The molecule has 1 aromatic carbocycles. The van der Waals surface area contributed by atoms with E-state index in [0.717, 1.165) is 0 Å². The molecule has 1 heterocycles. The molecule has 0 aromatic heterocycles. The average molecular weight is 250 g/mol. The van der Waals surface area contributed by atoms with Gasteiger partial charge in [0.2, 0.25) is 0 Å². The molecule has 94 valence electrons. The Morgan fingerprint density at radius 2 is 2.00 bits per heavy atom. The first-order valence-electron chi connectivity index (χ1n) is 6.36. The maximum absolute atomic E-state index is 2.58. The largest absolute Gasteiger partial charge is 0.301 e. The van der Waals surface area contributed by atoms with E-state index in [1.165, 1.54) is 36.8 Å². The normalized spacial score (nSPS) is 22.8. The van der Waals surface area contributed by atoms with Crippen LogP contribution in [-0.2, 0) is 0 Å². The van der Waals surface area contributed by atoms with E-state index < -0.39 is 0 Å². The second-order valence-corrected chi connectivity index (χ2v) is 5.96. The van der Waals surface area contributed by atoms with Gasteiger partial charge in [0, 0.05) is 42.9 Å². The molecule has 1 aliphatic rings. The Balaban J connectivity index is 1.69. The lowest BCUT2D eigenvalue weighted by atomic mass is 10.2. The molecular formula is C14H22N2S. The second kappa shape index (κ2) is 6.43. The summed E-state index contributed by atoms with van der Waals surface area (Å²) in [7, 11) is 2.22. The summed E-state index contributed by atoms with van der Waals surface area (Å²) in [4.78, 5) is 6.41. The lowest BCUT2D eigenvalue weighted by Gasteiger charge is -2.37. The molecule has 1 fully saturated rings. The van der Waals surface area contributed by atoms with Gasteiger partial charge in [-0.3, -0.25) is 4.90 Å². The van der Waals surface area contributed by atoms with Crippen molar-refractivity contribution in [3.05, 3.63) is 30.3 Å². The molecule has 2 rings (SSSR count). The minimum atomic E-state index is 0.700. The van der Waals surface area contributed by atoms with E-state index in [2.05, 4.69) is 54.1 Å². The van der Waals surface area contributed by atoms with Crippen molar-refractivity contribution in [3.8, 4) is 0 Å². The summed E-state index contributed by atoms with van der Waals surface area (Å²) in [5.74, 6) is 1.19. The second-order valence-electron chi connectivity index (χ2n) is 4.79. The summed E-state index contributed by atoms with van der Waals surface area (Å²) in [5.41, 5.74) is 0. The molecule has 0 radical (unpaired) electrons. The van der Waals surface area contributed by atoms with Gasteiger partial charge >= 0.3 is 0 Å². The van der Waals surface area contributed by atoms with Gasteiger partial charge in [0.15, 0.2) is 0 Å². The maximum Gasteiger partial charge on any atom is 0.0192 e. The van der Waals surface area contributed by atoms with Gasteiger partial charge in [-0.25, -0.2) is 0 Å². The van der Waals surface area contributed by atoms with Crippen molar-refractivity contribution in [3.63, 3.8) is 0 Å². The standard InChI is InChI=1S/C14H22N2S/c1-13-12-16(9-8-15(13)2)10-11-17-14-6-4-3-5-7-14/h3-7,13H,8-12H2,1-2H3. The zero-order valence-corrected chi connectivity index (χ0v) is 11.6. The minimum Gasteiger partial charge on any atom is -0.301 e. The van der Waals surface area contributed by atoms with E-state index in [4.69, 9.17) is 0 Å². The van der Waals surface area contributed by atoms with Gasteiger partial charge in [-0.1, -0.05) is 18.2 Å². The fourth-order valence-corrected chi connectivity index (χ4v) is 3.07.